The third-order valence-electron chi connectivity index (χ3n) is 1.84. The van der Waals surface area contributed by atoms with Crippen molar-refractivity contribution in [2.45, 2.75) is 13.0 Å². The van der Waals surface area contributed by atoms with Crippen molar-refractivity contribution in [2.24, 2.45) is 0 Å². The first kappa shape index (κ1) is 12.3. The van der Waals surface area contributed by atoms with E-state index in [0.29, 0.717) is 0 Å². The standard InChI is InChI=1S/C8H18N2O3/c1-7(6-12)10(2)5-8(13)9-3-4-11/h7,11-12H,3-6H2,1-2H3,(H,9,13). The summed E-state index contributed by atoms with van der Waals surface area (Å²) in [6.45, 7) is 2.33. The predicted octanol–water partition coefficient (Wildman–Crippen LogP) is -1.59. The molecule has 0 aromatic heterocycles. The Labute approximate surface area is 78.4 Å². The molecule has 0 aliphatic heterocycles. The van der Waals surface area contributed by atoms with Gasteiger partial charge in [0.2, 0.25) is 5.91 Å². The molecule has 0 bridgehead atoms. The molecule has 0 heterocycles. The van der Waals surface area contributed by atoms with Gasteiger partial charge in [-0.25, -0.2) is 0 Å². The molecule has 0 aliphatic rings. The number of nitrogens with zero attached hydrogens (tertiary/aromatic N) is 1. The first-order valence-corrected chi connectivity index (χ1v) is 4.30. The van der Waals surface area contributed by atoms with Crippen molar-refractivity contribution in [2.75, 3.05) is 33.4 Å². The average Bonchev–Trinajstić information content (AvgIpc) is 2.13. The van der Waals surface area contributed by atoms with Crippen LogP contribution in [0.15, 0.2) is 0 Å². The van der Waals surface area contributed by atoms with Gasteiger partial charge in [0.15, 0.2) is 0 Å². The highest BCUT2D eigenvalue weighted by atomic mass is 16.3. The summed E-state index contributed by atoms with van der Waals surface area (Å²) in [7, 11) is 1.76. The number of nitrogens with one attached hydrogen (secondary N) is 1. The SMILES string of the molecule is CC(CO)N(C)CC(=O)NCCO. The summed E-state index contributed by atoms with van der Waals surface area (Å²) in [6, 6.07) is -0.0279. The zero-order valence-electron chi connectivity index (χ0n) is 8.16. The van der Waals surface area contributed by atoms with Gasteiger partial charge in [0.05, 0.1) is 19.8 Å². The molecule has 0 saturated heterocycles. The lowest BCUT2D eigenvalue weighted by Gasteiger charge is -2.21. The third-order valence-corrected chi connectivity index (χ3v) is 1.84. The van der Waals surface area contributed by atoms with Crippen molar-refractivity contribution < 1.29 is 15.0 Å². The van der Waals surface area contributed by atoms with Gasteiger partial charge in [0.25, 0.3) is 0 Å². The first-order valence-electron chi connectivity index (χ1n) is 4.30. The lowest BCUT2D eigenvalue weighted by atomic mass is 10.3. The first-order chi connectivity index (χ1) is 6.11. The van der Waals surface area contributed by atoms with E-state index in [1.165, 1.54) is 0 Å². The molecule has 0 aromatic carbocycles. The maximum Gasteiger partial charge on any atom is 0.234 e. The van der Waals surface area contributed by atoms with Crippen LogP contribution in [-0.4, -0.2) is 60.4 Å². The molecule has 0 radical (unpaired) electrons. The second-order valence-electron chi connectivity index (χ2n) is 3.02. The monoisotopic (exact) mass is 190 g/mol. The molecule has 78 valence electrons. The average molecular weight is 190 g/mol. The highest BCUT2D eigenvalue weighted by Gasteiger charge is 2.11. The zero-order valence-corrected chi connectivity index (χ0v) is 8.16. The molecule has 0 aromatic rings. The minimum Gasteiger partial charge on any atom is -0.395 e. The Hall–Kier alpha value is -0.650. The van der Waals surface area contributed by atoms with Gasteiger partial charge in [0.1, 0.15) is 0 Å². The van der Waals surface area contributed by atoms with Gasteiger partial charge in [-0.3, -0.25) is 9.69 Å². The fraction of sp³-hybridized carbons (Fsp3) is 0.875. The second-order valence-corrected chi connectivity index (χ2v) is 3.02. The summed E-state index contributed by atoms with van der Waals surface area (Å²) in [5.41, 5.74) is 0. The number of rotatable bonds is 6. The van der Waals surface area contributed by atoms with Crippen LogP contribution in [0.25, 0.3) is 0 Å². The lowest BCUT2D eigenvalue weighted by Crippen LogP contribution is -2.41. The molecular formula is C8H18N2O3. The summed E-state index contributed by atoms with van der Waals surface area (Å²) < 4.78 is 0. The highest BCUT2D eigenvalue weighted by molar-refractivity contribution is 5.77. The van der Waals surface area contributed by atoms with E-state index in [1.807, 2.05) is 6.92 Å². The molecule has 3 N–H and O–H groups in total. The van der Waals surface area contributed by atoms with Crippen LogP contribution < -0.4 is 5.32 Å². The fourth-order valence-corrected chi connectivity index (χ4v) is 0.773. The van der Waals surface area contributed by atoms with Crippen LogP contribution in [0.2, 0.25) is 0 Å². The minimum absolute atomic E-state index is 0.0279. The fourth-order valence-electron chi connectivity index (χ4n) is 0.773. The normalized spacial score (nSPS) is 13.0. The molecule has 0 aliphatic carbocycles. The van der Waals surface area contributed by atoms with Crippen molar-refractivity contribution in [3.63, 3.8) is 0 Å². The topological polar surface area (TPSA) is 72.8 Å². The van der Waals surface area contributed by atoms with E-state index < -0.39 is 0 Å². The lowest BCUT2D eigenvalue weighted by molar-refractivity contribution is -0.122. The van der Waals surface area contributed by atoms with Gasteiger partial charge < -0.3 is 15.5 Å². The van der Waals surface area contributed by atoms with Crippen molar-refractivity contribution in [3.05, 3.63) is 0 Å². The Balaban J connectivity index is 3.64. The molecule has 5 heteroatoms. The van der Waals surface area contributed by atoms with Crippen molar-refractivity contribution in [1.82, 2.24) is 10.2 Å². The largest absolute Gasteiger partial charge is 0.395 e. The van der Waals surface area contributed by atoms with Gasteiger partial charge in [-0.15, -0.1) is 0 Å². The van der Waals surface area contributed by atoms with E-state index in [0.717, 1.165) is 0 Å². The number of likely N-dealkylation sites (N-methyl/N-ethyl adjacent to an activating group) is 1. The number of carbonyl (C=O) groups is 1. The number of amides is 1. The molecule has 1 unspecified atom stereocenters. The summed E-state index contributed by atoms with van der Waals surface area (Å²) >= 11 is 0. The Morgan fingerprint density at radius 2 is 2.15 bits per heavy atom. The van der Waals surface area contributed by atoms with Gasteiger partial charge in [0, 0.05) is 12.6 Å². The number of hydrogen-bond acceptors (Lipinski definition) is 4. The van der Waals surface area contributed by atoms with Crippen LogP contribution >= 0.6 is 0 Å². The smallest absolute Gasteiger partial charge is 0.234 e. The van der Waals surface area contributed by atoms with E-state index >= 15 is 0 Å². The van der Waals surface area contributed by atoms with Gasteiger partial charge in [-0.1, -0.05) is 0 Å². The van der Waals surface area contributed by atoms with Crippen LogP contribution in [0, 0.1) is 0 Å². The Morgan fingerprint density at radius 1 is 1.54 bits per heavy atom. The van der Waals surface area contributed by atoms with Crippen LogP contribution in [0.1, 0.15) is 6.92 Å². The zero-order chi connectivity index (χ0) is 10.3. The van der Waals surface area contributed by atoms with Crippen LogP contribution in [-0.2, 0) is 4.79 Å². The summed E-state index contributed by atoms with van der Waals surface area (Å²) in [4.78, 5) is 12.8. The molecule has 13 heavy (non-hydrogen) atoms. The Bertz CT molecular complexity index is 152. The molecule has 1 atom stereocenters. The summed E-state index contributed by atoms with van der Waals surface area (Å²) in [5.74, 6) is -0.142. The molecular weight excluding hydrogens is 172 g/mol. The summed E-state index contributed by atoms with van der Waals surface area (Å²) in [5, 5.41) is 19.7. The second kappa shape index (κ2) is 6.82. The molecule has 0 saturated carbocycles. The third kappa shape index (κ3) is 5.57. The van der Waals surface area contributed by atoms with E-state index in [2.05, 4.69) is 5.32 Å². The van der Waals surface area contributed by atoms with Crippen LogP contribution in [0.4, 0.5) is 0 Å². The maximum atomic E-state index is 11.1. The van der Waals surface area contributed by atoms with Crippen molar-refractivity contribution >= 4 is 5.91 Å². The minimum atomic E-state index is -0.142. The van der Waals surface area contributed by atoms with E-state index in [-0.39, 0.29) is 38.3 Å². The molecule has 0 spiro atoms. The van der Waals surface area contributed by atoms with Gasteiger partial charge >= 0.3 is 0 Å². The molecule has 5 nitrogen and oxygen atoms in total. The molecule has 1 amide bonds. The Kier molecular flexibility index (Phi) is 6.48. The predicted molar refractivity (Wildman–Crippen MR) is 49.3 cm³/mol. The summed E-state index contributed by atoms with van der Waals surface area (Å²) in [6.07, 6.45) is 0. The van der Waals surface area contributed by atoms with Gasteiger partial charge in [-0.2, -0.15) is 0 Å². The highest BCUT2D eigenvalue weighted by Crippen LogP contribution is 1.92. The number of hydrogen-bond donors (Lipinski definition) is 3. The van der Waals surface area contributed by atoms with E-state index in [4.69, 9.17) is 10.2 Å². The number of aliphatic hydroxyl groups excluding tert-OH is 2. The van der Waals surface area contributed by atoms with Crippen LogP contribution in [0.3, 0.4) is 0 Å². The Morgan fingerprint density at radius 3 is 2.62 bits per heavy atom. The van der Waals surface area contributed by atoms with Crippen LogP contribution in [0.5, 0.6) is 0 Å². The van der Waals surface area contributed by atoms with Crippen molar-refractivity contribution in [3.8, 4) is 0 Å². The number of aliphatic hydroxyl groups is 2. The molecule has 0 fully saturated rings. The quantitative estimate of drug-likeness (QED) is 0.472. The van der Waals surface area contributed by atoms with Crippen molar-refractivity contribution in [1.29, 1.82) is 0 Å². The van der Waals surface area contributed by atoms with E-state index in [9.17, 15) is 4.79 Å². The maximum absolute atomic E-state index is 11.1. The van der Waals surface area contributed by atoms with Gasteiger partial charge in [-0.05, 0) is 14.0 Å². The van der Waals surface area contributed by atoms with E-state index in [1.54, 1.807) is 11.9 Å². The number of carbonyl (C=O) groups excluding carboxylic acids is 1. The molecule has 0 rings (SSSR count).